The lowest BCUT2D eigenvalue weighted by molar-refractivity contribution is -0.384. The first-order valence-electron chi connectivity index (χ1n) is 23.9. The van der Waals surface area contributed by atoms with E-state index in [-0.39, 0.29) is 29.3 Å². The first kappa shape index (κ1) is 43.8. The fraction of sp³-hybridized carbons (Fsp3) is 0.480. The predicted molar refractivity (Wildman–Crippen MR) is 255 cm³/mol. The first-order valence-corrected chi connectivity index (χ1v) is 25.4. The van der Waals surface area contributed by atoms with Crippen LogP contribution in [0.4, 0.5) is 28.4 Å². The average molecular weight is 931 g/mol. The highest BCUT2D eigenvalue weighted by molar-refractivity contribution is 7.90. The van der Waals surface area contributed by atoms with Gasteiger partial charge in [0.15, 0.2) is 0 Å². The van der Waals surface area contributed by atoms with Gasteiger partial charge in [0.1, 0.15) is 23.1 Å². The minimum Gasteiger partial charge on any atom is -0.470 e. The number of benzene rings is 3. The number of rotatable bonds is 11. The molecule has 0 unspecified atom stereocenters. The molecule has 4 saturated heterocycles. The van der Waals surface area contributed by atoms with Gasteiger partial charge >= 0.3 is 0 Å². The smallest absolute Gasteiger partial charge is 0.293 e. The topological polar surface area (TPSA) is 184 Å². The zero-order valence-corrected chi connectivity index (χ0v) is 38.6. The van der Waals surface area contributed by atoms with Crippen LogP contribution in [0, 0.1) is 28.4 Å². The first-order chi connectivity index (χ1) is 32.5. The van der Waals surface area contributed by atoms with Gasteiger partial charge < -0.3 is 34.3 Å². The third-order valence-electron chi connectivity index (χ3n) is 15.5. The number of nitro benzene ring substituents is 1. The summed E-state index contributed by atoms with van der Waals surface area (Å²) in [5.41, 5.74) is 5.79. The van der Waals surface area contributed by atoms with Crippen molar-refractivity contribution in [2.45, 2.75) is 93.8 Å². The number of hydrogen-bond donors (Lipinski definition) is 3. The minimum atomic E-state index is -4.59. The van der Waals surface area contributed by atoms with Crippen molar-refractivity contribution in [3.05, 3.63) is 106 Å². The number of pyridine rings is 1. The Balaban J connectivity index is 0.879. The summed E-state index contributed by atoms with van der Waals surface area (Å²) in [4.78, 5) is 41.1. The van der Waals surface area contributed by atoms with Gasteiger partial charge in [-0.05, 0) is 130 Å². The molecule has 16 nitrogen and oxygen atoms in total. The molecule has 3 N–H and O–H groups in total. The molecule has 0 bridgehead atoms. The van der Waals surface area contributed by atoms with Gasteiger partial charge in [0.2, 0.25) is 5.88 Å². The number of fused-ring (bicyclic) bond motifs is 3. The monoisotopic (exact) mass is 930 g/mol. The fourth-order valence-electron chi connectivity index (χ4n) is 11.8. The summed E-state index contributed by atoms with van der Waals surface area (Å²) in [6, 6.07) is 22.7. The Bertz CT molecular complexity index is 2800. The van der Waals surface area contributed by atoms with E-state index in [2.05, 4.69) is 56.0 Å². The van der Waals surface area contributed by atoms with Crippen molar-refractivity contribution in [1.29, 1.82) is 0 Å². The van der Waals surface area contributed by atoms with Crippen LogP contribution in [0.5, 0.6) is 5.88 Å². The molecule has 1 amide bonds. The fourth-order valence-corrected chi connectivity index (χ4v) is 12.8. The molecule has 2 aromatic heterocycles. The van der Waals surface area contributed by atoms with Gasteiger partial charge in [-0.15, -0.1) is 0 Å². The summed E-state index contributed by atoms with van der Waals surface area (Å²) in [6.45, 7) is 7.65. The number of ether oxygens (including phenoxy) is 3. The Morgan fingerprint density at radius 1 is 0.940 bits per heavy atom. The molecule has 3 aromatic carbocycles. The summed E-state index contributed by atoms with van der Waals surface area (Å²) in [5, 5.41) is 16.3. The van der Waals surface area contributed by atoms with Crippen LogP contribution in [0.1, 0.15) is 85.3 Å². The number of carbonyl (C=O) groups excluding carboxylic acids is 1. The van der Waals surface area contributed by atoms with E-state index in [4.69, 9.17) is 19.2 Å². The molecule has 5 aliphatic heterocycles. The zero-order valence-electron chi connectivity index (χ0n) is 37.8. The van der Waals surface area contributed by atoms with E-state index in [1.54, 1.807) is 6.07 Å². The highest BCUT2D eigenvalue weighted by Gasteiger charge is 2.50. The molecule has 1 saturated carbocycles. The summed E-state index contributed by atoms with van der Waals surface area (Å²) in [5.74, 6) is -0.190. The van der Waals surface area contributed by atoms with Gasteiger partial charge in [-0.3, -0.25) is 19.8 Å². The van der Waals surface area contributed by atoms with Crippen LogP contribution in [-0.2, 0) is 19.5 Å². The number of nitrogens with zero attached hydrogens (tertiary/aromatic N) is 5. The third-order valence-corrected chi connectivity index (χ3v) is 16.9. The second kappa shape index (κ2) is 17.7. The second-order valence-corrected chi connectivity index (χ2v) is 21.2. The van der Waals surface area contributed by atoms with Gasteiger partial charge in [0.25, 0.3) is 21.6 Å². The molecule has 1 aliphatic carbocycles. The minimum absolute atomic E-state index is 0.118. The Labute approximate surface area is 390 Å². The van der Waals surface area contributed by atoms with Crippen molar-refractivity contribution < 1.29 is 32.3 Å². The van der Waals surface area contributed by atoms with Crippen LogP contribution in [0.25, 0.3) is 11.0 Å². The zero-order chi connectivity index (χ0) is 45.9. The number of anilines is 4. The van der Waals surface area contributed by atoms with Gasteiger partial charge in [0.05, 0.1) is 40.3 Å². The number of nitrogens with one attached hydrogen (secondary N) is 3. The molecule has 3 atom stereocenters. The predicted octanol–water partition coefficient (Wildman–Crippen LogP) is 8.01. The Hall–Kier alpha value is -5.75. The normalized spacial score (nSPS) is 23.3. The SMILES string of the molecule is Cc1ccccc1[C@@H]1CCCN1C1CC2(CCN(c3ccc(C(=O)NS(=O)(=O)c4ccc(NCC5CCOCC5)c([N+](=O)[O-])c4)c(N4c5cc6cc[nH]c6nc5O[C@H]5CCOC[C@@H]54)c3)CC2)C1. The third kappa shape index (κ3) is 8.37. The van der Waals surface area contributed by atoms with E-state index in [9.17, 15) is 23.3 Å². The number of sulfonamides is 1. The number of aromatic nitrogens is 2. The largest absolute Gasteiger partial charge is 0.470 e. The average Bonchev–Trinajstić information content (AvgIpc) is 4.01. The highest BCUT2D eigenvalue weighted by atomic mass is 32.2. The molecule has 67 heavy (non-hydrogen) atoms. The Morgan fingerprint density at radius 3 is 2.55 bits per heavy atom. The maximum Gasteiger partial charge on any atom is 0.293 e. The van der Waals surface area contributed by atoms with E-state index < -0.39 is 31.4 Å². The number of aryl methyl sites for hydroxylation is 1. The van der Waals surface area contributed by atoms with Crippen LogP contribution < -0.4 is 24.6 Å². The van der Waals surface area contributed by atoms with E-state index in [0.29, 0.717) is 79.8 Å². The summed E-state index contributed by atoms with van der Waals surface area (Å²) in [7, 11) is -4.59. The number of H-pyrrole nitrogens is 1. The molecule has 5 aromatic rings. The van der Waals surface area contributed by atoms with Crippen LogP contribution in [0.15, 0.2) is 83.9 Å². The molecular formula is C50H58N8O8S. The van der Waals surface area contributed by atoms with Gasteiger partial charge in [0, 0.05) is 74.7 Å². The van der Waals surface area contributed by atoms with Gasteiger partial charge in [-0.25, -0.2) is 13.1 Å². The van der Waals surface area contributed by atoms with Crippen LogP contribution >= 0.6 is 0 Å². The summed E-state index contributed by atoms with van der Waals surface area (Å²) >= 11 is 0. The van der Waals surface area contributed by atoms with Crippen molar-refractivity contribution >= 4 is 55.4 Å². The number of carbonyl (C=O) groups is 1. The standard InChI is InChI=1S/C50H58N8O8S/c1-32-5-2-3-6-38(32)41-7-4-19-56(41)36-28-50(29-36)16-20-55(21-17-50)35-8-10-39(42(26-35)57-44-25-34-12-18-51-47(34)53-49(44)66-46-15-24-65-31-45(46)57)48(59)54-67(62,63)37-9-11-40(43(27-37)58(60)61)52-30-33-13-22-64-23-14-33/h2-3,5-6,8-12,18,25-27,33,36,41,45-46,52H,4,7,13-17,19-24,28-31H2,1H3,(H,51,53)(H,54,59)/t41-,45-,46-/m0/s1. The van der Waals surface area contributed by atoms with E-state index in [0.717, 1.165) is 62.5 Å². The van der Waals surface area contributed by atoms with Crippen LogP contribution in [0.2, 0.25) is 0 Å². The number of likely N-dealkylation sites (tertiary alicyclic amines) is 1. The molecular weight excluding hydrogens is 873 g/mol. The number of aromatic amines is 1. The number of amides is 1. The quantitative estimate of drug-likeness (QED) is 0.0856. The van der Waals surface area contributed by atoms with E-state index in [1.165, 1.54) is 48.9 Å². The lowest BCUT2D eigenvalue weighted by Crippen LogP contribution is -2.55. The molecule has 6 aliphatic rings. The van der Waals surface area contributed by atoms with E-state index >= 15 is 0 Å². The lowest BCUT2D eigenvalue weighted by Gasteiger charge is -2.56. The lowest BCUT2D eigenvalue weighted by atomic mass is 9.59. The molecule has 0 radical (unpaired) electrons. The maximum atomic E-state index is 14.6. The maximum absolute atomic E-state index is 14.6. The number of hydrogen-bond acceptors (Lipinski definition) is 13. The number of piperidine rings is 1. The van der Waals surface area contributed by atoms with Gasteiger partial charge in [-0.2, -0.15) is 4.98 Å². The molecule has 1 spiro atoms. The van der Waals surface area contributed by atoms with Crippen LogP contribution in [0.3, 0.4) is 0 Å². The molecule has 352 valence electrons. The van der Waals surface area contributed by atoms with E-state index in [1.807, 2.05) is 35.4 Å². The summed E-state index contributed by atoms with van der Waals surface area (Å²) < 4.78 is 48.5. The van der Waals surface area contributed by atoms with Crippen molar-refractivity contribution in [1.82, 2.24) is 19.6 Å². The van der Waals surface area contributed by atoms with Crippen molar-refractivity contribution in [2.75, 3.05) is 67.7 Å². The molecule has 7 heterocycles. The van der Waals surface area contributed by atoms with Crippen molar-refractivity contribution in [3.63, 3.8) is 0 Å². The Kier molecular flexibility index (Phi) is 11.6. The number of nitro groups is 1. The van der Waals surface area contributed by atoms with Crippen LogP contribution in [-0.4, -0.2) is 105 Å². The van der Waals surface area contributed by atoms with Crippen molar-refractivity contribution in [2.24, 2.45) is 11.3 Å². The second-order valence-electron chi connectivity index (χ2n) is 19.5. The van der Waals surface area contributed by atoms with Crippen molar-refractivity contribution in [3.8, 4) is 5.88 Å². The molecule has 11 rings (SSSR count). The Morgan fingerprint density at radius 2 is 1.75 bits per heavy atom. The molecule has 5 fully saturated rings. The molecule has 17 heteroatoms. The summed E-state index contributed by atoms with van der Waals surface area (Å²) in [6.07, 6.45) is 10.7. The van der Waals surface area contributed by atoms with Gasteiger partial charge in [-0.1, -0.05) is 24.3 Å². The highest BCUT2D eigenvalue weighted by Crippen LogP contribution is 2.54.